The highest BCUT2D eigenvalue weighted by molar-refractivity contribution is 5.58. The van der Waals surface area contributed by atoms with E-state index in [1.165, 1.54) is 6.92 Å². The lowest BCUT2D eigenvalue weighted by molar-refractivity contribution is -0.111. The van der Waals surface area contributed by atoms with Crippen LogP contribution < -0.4 is 11.5 Å². The molecule has 4 atom stereocenters. The average molecular weight is 162 g/mol. The number of hydrogen-bond acceptors (Lipinski definition) is 5. The Morgan fingerprint density at radius 2 is 1.82 bits per heavy atom. The van der Waals surface area contributed by atoms with Crippen LogP contribution in [0.25, 0.3) is 0 Å². The van der Waals surface area contributed by atoms with Crippen molar-refractivity contribution in [3.63, 3.8) is 0 Å². The Bertz CT molecular complexity index is 129. The SMILES string of the molecule is C[C@@H](O)[C@H](N)[C@H](O)[C@@H](N)C=O. The van der Waals surface area contributed by atoms with Gasteiger partial charge in [-0.25, -0.2) is 0 Å². The van der Waals surface area contributed by atoms with E-state index in [0.29, 0.717) is 6.29 Å². The minimum absolute atomic E-state index is 0.396. The summed E-state index contributed by atoms with van der Waals surface area (Å²) in [5, 5.41) is 18.0. The summed E-state index contributed by atoms with van der Waals surface area (Å²) in [7, 11) is 0. The monoisotopic (exact) mass is 162 g/mol. The Morgan fingerprint density at radius 1 is 1.36 bits per heavy atom. The number of carbonyl (C=O) groups is 1. The molecule has 0 aromatic carbocycles. The van der Waals surface area contributed by atoms with Crippen molar-refractivity contribution in [1.29, 1.82) is 0 Å². The van der Waals surface area contributed by atoms with E-state index in [1.54, 1.807) is 0 Å². The number of nitrogens with two attached hydrogens (primary N) is 2. The number of aliphatic hydroxyl groups excluding tert-OH is 2. The van der Waals surface area contributed by atoms with Crippen molar-refractivity contribution in [2.45, 2.75) is 31.2 Å². The second kappa shape index (κ2) is 4.40. The molecule has 0 heterocycles. The van der Waals surface area contributed by atoms with Crippen LogP contribution in [0.2, 0.25) is 0 Å². The Hall–Kier alpha value is -0.490. The van der Waals surface area contributed by atoms with Gasteiger partial charge in [-0.3, -0.25) is 0 Å². The maximum absolute atomic E-state index is 10.1. The summed E-state index contributed by atoms with van der Waals surface area (Å²) in [5.74, 6) is 0. The Balaban J connectivity index is 4.00. The fraction of sp³-hybridized carbons (Fsp3) is 0.833. The third-order valence-electron chi connectivity index (χ3n) is 1.50. The van der Waals surface area contributed by atoms with Gasteiger partial charge in [-0.1, -0.05) is 0 Å². The van der Waals surface area contributed by atoms with E-state index in [-0.39, 0.29) is 0 Å². The van der Waals surface area contributed by atoms with Crippen LogP contribution in [0.3, 0.4) is 0 Å². The molecule has 0 saturated heterocycles. The number of rotatable bonds is 4. The lowest BCUT2D eigenvalue weighted by atomic mass is 10.0. The molecule has 0 aromatic rings. The smallest absolute Gasteiger partial charge is 0.139 e. The first-order valence-corrected chi connectivity index (χ1v) is 3.33. The van der Waals surface area contributed by atoms with E-state index in [0.717, 1.165) is 0 Å². The summed E-state index contributed by atoms with van der Waals surface area (Å²) in [5.41, 5.74) is 10.4. The van der Waals surface area contributed by atoms with E-state index in [2.05, 4.69) is 0 Å². The molecule has 5 nitrogen and oxygen atoms in total. The van der Waals surface area contributed by atoms with E-state index in [9.17, 15) is 4.79 Å². The molecule has 0 aliphatic carbocycles. The molecule has 0 amide bonds. The highest BCUT2D eigenvalue weighted by Crippen LogP contribution is 1.98. The van der Waals surface area contributed by atoms with E-state index >= 15 is 0 Å². The molecule has 0 aliphatic rings. The van der Waals surface area contributed by atoms with Gasteiger partial charge >= 0.3 is 0 Å². The molecule has 6 N–H and O–H groups in total. The van der Waals surface area contributed by atoms with E-state index in [4.69, 9.17) is 21.7 Å². The summed E-state index contributed by atoms with van der Waals surface area (Å²) < 4.78 is 0. The van der Waals surface area contributed by atoms with Gasteiger partial charge in [-0.05, 0) is 6.92 Å². The lowest BCUT2D eigenvalue weighted by Crippen LogP contribution is -2.52. The van der Waals surface area contributed by atoms with E-state index in [1.807, 2.05) is 0 Å². The maximum atomic E-state index is 10.1. The highest BCUT2D eigenvalue weighted by Gasteiger charge is 2.24. The normalized spacial score (nSPS) is 21.9. The molecule has 5 heteroatoms. The molecule has 0 fully saturated rings. The van der Waals surface area contributed by atoms with Gasteiger partial charge in [-0.15, -0.1) is 0 Å². The molecule has 0 unspecified atom stereocenters. The minimum atomic E-state index is -1.19. The molecular formula is C6H14N2O3. The highest BCUT2D eigenvalue weighted by atomic mass is 16.3. The summed E-state index contributed by atoms with van der Waals surface area (Å²) in [6.45, 7) is 1.42. The van der Waals surface area contributed by atoms with Crippen molar-refractivity contribution in [1.82, 2.24) is 0 Å². The zero-order chi connectivity index (χ0) is 9.02. The number of hydrogen-bond donors (Lipinski definition) is 4. The van der Waals surface area contributed by atoms with Crippen LogP contribution in [-0.4, -0.2) is 40.8 Å². The van der Waals surface area contributed by atoms with Crippen LogP contribution in [0.5, 0.6) is 0 Å². The third-order valence-corrected chi connectivity index (χ3v) is 1.50. The van der Waals surface area contributed by atoms with Gasteiger partial charge in [-0.2, -0.15) is 0 Å². The first-order chi connectivity index (χ1) is 5.00. The van der Waals surface area contributed by atoms with Crippen molar-refractivity contribution >= 4 is 6.29 Å². The first kappa shape index (κ1) is 10.5. The molecule has 0 bridgehead atoms. The van der Waals surface area contributed by atoms with Gasteiger partial charge in [0.25, 0.3) is 0 Å². The first-order valence-electron chi connectivity index (χ1n) is 3.33. The molecule has 0 aromatic heterocycles. The van der Waals surface area contributed by atoms with Gasteiger partial charge < -0.3 is 26.5 Å². The largest absolute Gasteiger partial charge is 0.392 e. The molecule has 66 valence electrons. The van der Waals surface area contributed by atoms with Crippen molar-refractivity contribution in [3.05, 3.63) is 0 Å². The quantitative estimate of drug-likeness (QED) is 0.344. The van der Waals surface area contributed by atoms with Gasteiger partial charge in [0.1, 0.15) is 6.29 Å². The van der Waals surface area contributed by atoms with Crippen LogP contribution in [0.1, 0.15) is 6.92 Å². The van der Waals surface area contributed by atoms with Gasteiger partial charge in [0.05, 0.1) is 24.3 Å². The Morgan fingerprint density at radius 3 is 2.09 bits per heavy atom. The number of aldehydes is 1. The van der Waals surface area contributed by atoms with Crippen molar-refractivity contribution < 1.29 is 15.0 Å². The second-order valence-corrected chi connectivity index (χ2v) is 2.52. The fourth-order valence-electron chi connectivity index (χ4n) is 0.622. The average Bonchev–Trinajstić information content (AvgIpc) is 2.00. The Labute approximate surface area is 65.0 Å². The van der Waals surface area contributed by atoms with Crippen molar-refractivity contribution in [3.8, 4) is 0 Å². The summed E-state index contributed by atoms with van der Waals surface area (Å²) in [6.07, 6.45) is -1.67. The molecule has 11 heavy (non-hydrogen) atoms. The van der Waals surface area contributed by atoms with Gasteiger partial charge in [0.2, 0.25) is 0 Å². The fourth-order valence-corrected chi connectivity index (χ4v) is 0.622. The third kappa shape index (κ3) is 2.94. The van der Waals surface area contributed by atoms with Crippen LogP contribution >= 0.6 is 0 Å². The summed E-state index contributed by atoms with van der Waals surface area (Å²) >= 11 is 0. The molecule has 0 aliphatic heterocycles. The Kier molecular flexibility index (Phi) is 4.20. The minimum Gasteiger partial charge on any atom is -0.392 e. The molecule has 0 spiro atoms. The van der Waals surface area contributed by atoms with Crippen LogP contribution in [0.4, 0.5) is 0 Å². The summed E-state index contributed by atoms with van der Waals surface area (Å²) in [4.78, 5) is 10.1. The second-order valence-electron chi connectivity index (χ2n) is 2.52. The lowest BCUT2D eigenvalue weighted by Gasteiger charge is -2.22. The molecule has 0 radical (unpaired) electrons. The predicted octanol–water partition coefficient (Wildman–Crippen LogP) is -2.42. The predicted molar refractivity (Wildman–Crippen MR) is 39.7 cm³/mol. The number of carbonyl (C=O) groups excluding carboxylic acids is 1. The van der Waals surface area contributed by atoms with Gasteiger partial charge in [0, 0.05) is 0 Å². The summed E-state index contributed by atoms with van der Waals surface area (Å²) in [6, 6.07) is -1.91. The van der Waals surface area contributed by atoms with Crippen LogP contribution in [-0.2, 0) is 4.79 Å². The van der Waals surface area contributed by atoms with Crippen LogP contribution in [0, 0.1) is 0 Å². The van der Waals surface area contributed by atoms with Crippen molar-refractivity contribution in [2.75, 3.05) is 0 Å². The molecule has 0 saturated carbocycles. The van der Waals surface area contributed by atoms with Crippen LogP contribution in [0.15, 0.2) is 0 Å². The van der Waals surface area contributed by atoms with Gasteiger partial charge in [0.15, 0.2) is 0 Å². The zero-order valence-electron chi connectivity index (χ0n) is 6.34. The topological polar surface area (TPSA) is 110 Å². The van der Waals surface area contributed by atoms with Crippen molar-refractivity contribution in [2.24, 2.45) is 11.5 Å². The zero-order valence-corrected chi connectivity index (χ0v) is 6.34. The number of aliphatic hydroxyl groups is 2. The molecular weight excluding hydrogens is 148 g/mol. The maximum Gasteiger partial charge on any atom is 0.139 e. The standard InChI is InChI=1S/C6H14N2O3/c1-3(10)5(8)6(11)4(7)2-9/h2-6,10-11H,7-8H2,1H3/t3-,4+,5+,6-/m1/s1. The van der Waals surface area contributed by atoms with E-state index < -0.39 is 24.3 Å². The molecule has 0 rings (SSSR count).